The number of hydrogen-bond acceptors (Lipinski definition) is 4. The molecule has 2 aromatic carbocycles. The number of hydrogen-bond donors (Lipinski definition) is 1. The van der Waals surface area contributed by atoms with E-state index in [2.05, 4.69) is 10.3 Å². The zero-order chi connectivity index (χ0) is 17.6. The first-order valence-electron chi connectivity index (χ1n) is 8.06. The largest absolute Gasteiger partial charge is 0.375 e. The van der Waals surface area contributed by atoms with Crippen LogP contribution in [0, 0.1) is 6.92 Å². The fraction of sp³-hybridized carbons (Fsp3) is 0.200. The normalized spacial score (nSPS) is 11.9. The maximum atomic E-state index is 12.4. The Morgan fingerprint density at radius 1 is 1.16 bits per heavy atom. The summed E-state index contributed by atoms with van der Waals surface area (Å²) in [5.74, 6) is -0.186. The van der Waals surface area contributed by atoms with Crippen LogP contribution in [0.2, 0.25) is 0 Å². The number of rotatable bonds is 6. The van der Waals surface area contributed by atoms with E-state index in [4.69, 9.17) is 4.74 Å². The van der Waals surface area contributed by atoms with Gasteiger partial charge in [-0.25, -0.2) is 4.98 Å². The van der Waals surface area contributed by atoms with E-state index >= 15 is 0 Å². The fourth-order valence-electron chi connectivity index (χ4n) is 2.64. The van der Waals surface area contributed by atoms with Crippen LogP contribution >= 0.6 is 11.3 Å². The van der Waals surface area contributed by atoms with Gasteiger partial charge in [-0.15, -0.1) is 11.3 Å². The molecule has 0 bridgehead atoms. The van der Waals surface area contributed by atoms with E-state index in [9.17, 15) is 4.79 Å². The van der Waals surface area contributed by atoms with Gasteiger partial charge in [-0.05, 0) is 18.1 Å². The quantitative estimate of drug-likeness (QED) is 0.722. The third-order valence-electron chi connectivity index (χ3n) is 4.03. The molecular weight excluding hydrogens is 332 g/mol. The topological polar surface area (TPSA) is 51.2 Å². The highest BCUT2D eigenvalue weighted by molar-refractivity contribution is 7.13. The van der Waals surface area contributed by atoms with Gasteiger partial charge < -0.3 is 10.1 Å². The molecule has 0 spiro atoms. The van der Waals surface area contributed by atoms with E-state index in [1.165, 1.54) is 11.3 Å². The van der Waals surface area contributed by atoms with Crippen molar-refractivity contribution in [1.82, 2.24) is 10.3 Å². The highest BCUT2D eigenvalue weighted by Gasteiger charge is 2.16. The molecule has 0 aliphatic heterocycles. The molecule has 1 aromatic heterocycles. The lowest BCUT2D eigenvalue weighted by Gasteiger charge is -2.18. The van der Waals surface area contributed by atoms with Crippen molar-refractivity contribution >= 4 is 17.2 Å². The molecule has 25 heavy (non-hydrogen) atoms. The number of nitrogens with one attached hydrogen (secondary N) is 1. The van der Waals surface area contributed by atoms with E-state index in [0.717, 1.165) is 21.7 Å². The highest BCUT2D eigenvalue weighted by atomic mass is 32.1. The molecule has 0 radical (unpaired) electrons. The van der Waals surface area contributed by atoms with Crippen LogP contribution in [-0.4, -0.2) is 24.5 Å². The van der Waals surface area contributed by atoms with Gasteiger partial charge in [0, 0.05) is 24.6 Å². The Balaban J connectivity index is 1.66. The van der Waals surface area contributed by atoms with Crippen molar-refractivity contribution in [3.05, 3.63) is 76.8 Å². The summed E-state index contributed by atoms with van der Waals surface area (Å²) < 4.78 is 5.55. The summed E-state index contributed by atoms with van der Waals surface area (Å²) >= 11 is 1.47. The predicted molar refractivity (Wildman–Crippen MR) is 101 cm³/mol. The van der Waals surface area contributed by atoms with Crippen LogP contribution in [0.5, 0.6) is 0 Å². The van der Waals surface area contributed by atoms with E-state index in [1.54, 1.807) is 12.5 Å². The van der Waals surface area contributed by atoms with Crippen molar-refractivity contribution in [3.63, 3.8) is 0 Å². The molecule has 0 aliphatic carbocycles. The van der Waals surface area contributed by atoms with Gasteiger partial charge in [0.2, 0.25) is 0 Å². The second kappa shape index (κ2) is 8.05. The summed E-state index contributed by atoms with van der Waals surface area (Å²) in [5, 5.41) is 5.55. The average molecular weight is 352 g/mol. The van der Waals surface area contributed by atoms with Crippen LogP contribution in [-0.2, 0) is 4.74 Å². The predicted octanol–water partition coefficient (Wildman–Crippen LogP) is 4.24. The van der Waals surface area contributed by atoms with Gasteiger partial charge in [0.1, 0.15) is 10.7 Å². The first kappa shape index (κ1) is 17.3. The molecular formula is C20H20N2O2S. The summed E-state index contributed by atoms with van der Waals surface area (Å²) in [6, 6.07) is 17.9. The van der Waals surface area contributed by atoms with Crippen LogP contribution in [0.3, 0.4) is 0 Å². The average Bonchev–Trinajstić information content (AvgIpc) is 3.14. The Morgan fingerprint density at radius 3 is 2.60 bits per heavy atom. The second-order valence-electron chi connectivity index (χ2n) is 5.69. The number of amides is 1. The molecule has 1 atom stereocenters. The minimum absolute atomic E-state index is 0.183. The number of carbonyl (C=O) groups excluding carboxylic acids is 1. The Hall–Kier alpha value is -2.50. The number of carbonyl (C=O) groups is 1. The van der Waals surface area contributed by atoms with Gasteiger partial charge in [-0.3, -0.25) is 4.79 Å². The zero-order valence-corrected chi connectivity index (χ0v) is 15.0. The van der Waals surface area contributed by atoms with Crippen molar-refractivity contribution in [2.75, 3.05) is 13.7 Å². The number of benzene rings is 2. The molecule has 0 aliphatic rings. The van der Waals surface area contributed by atoms with E-state index in [1.807, 2.05) is 61.5 Å². The molecule has 3 aromatic rings. The van der Waals surface area contributed by atoms with Crippen molar-refractivity contribution in [1.29, 1.82) is 0 Å². The molecule has 4 nitrogen and oxygen atoms in total. The lowest BCUT2D eigenvalue weighted by atomic mass is 10.0. The van der Waals surface area contributed by atoms with Gasteiger partial charge in [0.15, 0.2) is 0 Å². The summed E-state index contributed by atoms with van der Waals surface area (Å²) in [4.78, 5) is 16.8. The van der Waals surface area contributed by atoms with Crippen LogP contribution in [0.1, 0.15) is 27.7 Å². The van der Waals surface area contributed by atoms with Crippen molar-refractivity contribution < 1.29 is 9.53 Å². The minimum atomic E-state index is -0.186. The van der Waals surface area contributed by atoms with Gasteiger partial charge in [-0.2, -0.15) is 0 Å². The second-order valence-corrected chi connectivity index (χ2v) is 6.55. The first-order valence-corrected chi connectivity index (χ1v) is 8.94. The number of nitrogens with zero attached hydrogens (tertiary/aromatic N) is 1. The Kier molecular flexibility index (Phi) is 5.58. The summed E-state index contributed by atoms with van der Waals surface area (Å²) in [5.41, 5.74) is 3.67. The molecule has 128 valence electrons. The molecule has 0 saturated heterocycles. The maximum Gasteiger partial charge on any atom is 0.270 e. The Labute approximate surface area is 151 Å². The smallest absolute Gasteiger partial charge is 0.270 e. The van der Waals surface area contributed by atoms with E-state index in [0.29, 0.717) is 12.2 Å². The monoisotopic (exact) mass is 352 g/mol. The Morgan fingerprint density at radius 2 is 1.88 bits per heavy atom. The molecule has 1 amide bonds. The van der Waals surface area contributed by atoms with Gasteiger partial charge in [0.25, 0.3) is 5.91 Å². The molecule has 1 unspecified atom stereocenters. The summed E-state index contributed by atoms with van der Waals surface area (Å²) in [7, 11) is 1.65. The zero-order valence-electron chi connectivity index (χ0n) is 14.2. The molecule has 1 heterocycles. The van der Waals surface area contributed by atoms with Crippen molar-refractivity contribution in [3.8, 4) is 10.6 Å². The fourth-order valence-corrected chi connectivity index (χ4v) is 3.44. The first-order chi connectivity index (χ1) is 12.2. The van der Waals surface area contributed by atoms with Crippen LogP contribution in [0.25, 0.3) is 10.6 Å². The molecule has 1 N–H and O–H groups in total. The van der Waals surface area contributed by atoms with Crippen LogP contribution < -0.4 is 5.32 Å². The van der Waals surface area contributed by atoms with Gasteiger partial charge >= 0.3 is 0 Å². The third kappa shape index (κ3) is 4.13. The number of aromatic nitrogens is 1. The Bertz CT molecular complexity index is 846. The SMILES string of the molecule is COC(CNC(=O)c1csc(-c2ccccc2)n1)c1ccccc1C. The minimum Gasteiger partial charge on any atom is -0.375 e. The number of methoxy groups -OCH3 is 1. The third-order valence-corrected chi connectivity index (χ3v) is 4.92. The van der Waals surface area contributed by atoms with Crippen molar-refractivity contribution in [2.24, 2.45) is 0 Å². The number of thiazole rings is 1. The molecule has 3 rings (SSSR count). The van der Waals surface area contributed by atoms with Crippen LogP contribution in [0.4, 0.5) is 0 Å². The van der Waals surface area contributed by atoms with E-state index in [-0.39, 0.29) is 12.0 Å². The van der Waals surface area contributed by atoms with Gasteiger partial charge in [-0.1, -0.05) is 54.6 Å². The van der Waals surface area contributed by atoms with Gasteiger partial charge in [0.05, 0.1) is 6.10 Å². The number of aryl methyl sites for hydroxylation is 1. The standard InChI is InChI=1S/C20H20N2O2S/c1-14-8-6-7-11-16(14)18(24-2)12-21-19(23)17-13-25-20(22-17)15-9-4-3-5-10-15/h3-11,13,18H,12H2,1-2H3,(H,21,23). The summed E-state index contributed by atoms with van der Waals surface area (Å²) in [6.07, 6.45) is -0.183. The van der Waals surface area contributed by atoms with E-state index < -0.39 is 0 Å². The highest BCUT2D eigenvalue weighted by Crippen LogP contribution is 2.23. The molecule has 0 saturated carbocycles. The van der Waals surface area contributed by atoms with Crippen LogP contribution in [0.15, 0.2) is 60.0 Å². The maximum absolute atomic E-state index is 12.4. The number of ether oxygens (including phenoxy) is 1. The lowest BCUT2D eigenvalue weighted by Crippen LogP contribution is -2.29. The van der Waals surface area contributed by atoms with Crippen molar-refractivity contribution in [2.45, 2.75) is 13.0 Å². The summed E-state index contributed by atoms with van der Waals surface area (Å²) in [6.45, 7) is 2.44. The lowest BCUT2D eigenvalue weighted by molar-refractivity contribution is 0.0823. The molecule has 0 fully saturated rings. The molecule has 5 heteroatoms.